The van der Waals surface area contributed by atoms with E-state index in [9.17, 15) is 13.2 Å². The van der Waals surface area contributed by atoms with Crippen molar-refractivity contribution in [3.05, 3.63) is 48.0 Å². The minimum absolute atomic E-state index is 0.170. The first-order chi connectivity index (χ1) is 13.9. The minimum atomic E-state index is -3.61. The third-order valence-electron chi connectivity index (χ3n) is 4.52. The quantitative estimate of drug-likeness (QED) is 0.672. The molecule has 9 heteroatoms. The number of rotatable bonds is 7. The number of hydrogen-bond donors (Lipinski definition) is 1. The summed E-state index contributed by atoms with van der Waals surface area (Å²) in [4.78, 5) is 13.5. The van der Waals surface area contributed by atoms with Crippen molar-refractivity contribution in [1.82, 2.24) is 4.31 Å². The van der Waals surface area contributed by atoms with Gasteiger partial charge >= 0.3 is 0 Å². The number of morpholine rings is 1. The Morgan fingerprint density at radius 2 is 1.86 bits per heavy atom. The number of thioether (sulfide) groups is 1. The Bertz CT molecular complexity index is 955. The average Bonchev–Trinajstić information content (AvgIpc) is 2.74. The van der Waals surface area contributed by atoms with Gasteiger partial charge in [0.25, 0.3) is 0 Å². The topological polar surface area (TPSA) is 84.9 Å². The molecule has 7 nitrogen and oxygen atoms in total. The van der Waals surface area contributed by atoms with Crippen LogP contribution in [0.15, 0.2) is 52.3 Å². The van der Waals surface area contributed by atoms with Gasteiger partial charge in [0.15, 0.2) is 0 Å². The zero-order chi connectivity index (χ0) is 20.9. The monoisotopic (exact) mass is 436 g/mol. The summed E-state index contributed by atoms with van der Waals surface area (Å²) in [5.41, 5.74) is 1.30. The van der Waals surface area contributed by atoms with Gasteiger partial charge in [-0.15, -0.1) is 11.8 Å². The molecule has 0 aromatic heterocycles. The van der Waals surface area contributed by atoms with Crippen molar-refractivity contribution in [2.75, 3.05) is 44.5 Å². The van der Waals surface area contributed by atoms with E-state index >= 15 is 0 Å². The first-order valence-corrected chi connectivity index (χ1v) is 11.6. The third kappa shape index (κ3) is 5.51. The maximum absolute atomic E-state index is 12.8. The first kappa shape index (κ1) is 21.6. The van der Waals surface area contributed by atoms with E-state index in [1.54, 1.807) is 19.2 Å². The fourth-order valence-electron chi connectivity index (χ4n) is 2.84. The molecule has 0 saturated carbocycles. The van der Waals surface area contributed by atoms with Crippen molar-refractivity contribution in [3.8, 4) is 5.75 Å². The molecule has 1 amide bonds. The summed E-state index contributed by atoms with van der Waals surface area (Å²) in [6.45, 7) is 3.26. The molecule has 0 unspecified atom stereocenters. The van der Waals surface area contributed by atoms with Gasteiger partial charge in [-0.2, -0.15) is 4.31 Å². The van der Waals surface area contributed by atoms with Gasteiger partial charge in [0.05, 0.1) is 31.0 Å². The maximum Gasteiger partial charge on any atom is 0.243 e. The van der Waals surface area contributed by atoms with Crippen LogP contribution in [0.1, 0.15) is 5.56 Å². The summed E-state index contributed by atoms with van der Waals surface area (Å²) in [6, 6.07) is 12.3. The average molecular weight is 437 g/mol. The molecular weight excluding hydrogens is 412 g/mol. The van der Waals surface area contributed by atoms with Crippen molar-refractivity contribution in [1.29, 1.82) is 0 Å². The van der Waals surface area contributed by atoms with E-state index < -0.39 is 10.0 Å². The lowest BCUT2D eigenvalue weighted by Crippen LogP contribution is -2.40. The second-order valence-electron chi connectivity index (χ2n) is 6.51. The molecule has 156 valence electrons. The number of nitrogens with one attached hydrogen (secondary N) is 1. The molecule has 0 bridgehead atoms. The predicted molar refractivity (Wildman–Crippen MR) is 113 cm³/mol. The van der Waals surface area contributed by atoms with Crippen molar-refractivity contribution in [2.24, 2.45) is 0 Å². The van der Waals surface area contributed by atoms with E-state index in [0.29, 0.717) is 32.0 Å². The molecule has 0 atom stereocenters. The number of benzene rings is 2. The van der Waals surface area contributed by atoms with Crippen molar-refractivity contribution in [2.45, 2.75) is 16.7 Å². The largest absolute Gasteiger partial charge is 0.497 e. The van der Waals surface area contributed by atoms with Crippen molar-refractivity contribution < 1.29 is 22.7 Å². The Morgan fingerprint density at radius 3 is 2.52 bits per heavy atom. The van der Waals surface area contributed by atoms with E-state index in [0.717, 1.165) is 16.2 Å². The fraction of sp³-hybridized carbons (Fsp3) is 0.350. The number of aryl methyl sites for hydroxylation is 1. The van der Waals surface area contributed by atoms with Crippen LogP contribution in [0.3, 0.4) is 0 Å². The molecule has 1 N–H and O–H groups in total. The van der Waals surface area contributed by atoms with Crippen LogP contribution in [0.5, 0.6) is 5.75 Å². The molecule has 1 saturated heterocycles. The highest BCUT2D eigenvalue weighted by atomic mass is 32.2. The highest BCUT2D eigenvalue weighted by Crippen LogP contribution is 2.25. The van der Waals surface area contributed by atoms with Crippen LogP contribution in [0.4, 0.5) is 5.69 Å². The maximum atomic E-state index is 12.8. The third-order valence-corrected chi connectivity index (χ3v) is 7.43. The summed E-state index contributed by atoms with van der Waals surface area (Å²) in [5, 5.41) is 2.83. The lowest BCUT2D eigenvalue weighted by atomic mass is 10.2. The van der Waals surface area contributed by atoms with Crippen LogP contribution < -0.4 is 10.1 Å². The van der Waals surface area contributed by atoms with Crippen LogP contribution in [0, 0.1) is 6.92 Å². The van der Waals surface area contributed by atoms with E-state index in [1.807, 2.05) is 31.2 Å². The number of ether oxygens (including phenoxy) is 2. The second kappa shape index (κ2) is 9.62. The SMILES string of the molecule is COc1ccc(SCC(=O)Nc2cc(S(=O)(=O)N3CCOCC3)ccc2C)cc1. The van der Waals surface area contributed by atoms with Crippen LogP contribution >= 0.6 is 11.8 Å². The second-order valence-corrected chi connectivity index (χ2v) is 9.49. The summed E-state index contributed by atoms with van der Waals surface area (Å²) in [6.07, 6.45) is 0. The van der Waals surface area contributed by atoms with E-state index in [2.05, 4.69) is 5.32 Å². The summed E-state index contributed by atoms with van der Waals surface area (Å²) in [7, 11) is -2.01. The predicted octanol–water partition coefficient (Wildman–Crippen LogP) is 2.76. The van der Waals surface area contributed by atoms with Crippen LogP contribution in [-0.2, 0) is 19.6 Å². The molecule has 2 aromatic carbocycles. The van der Waals surface area contributed by atoms with E-state index in [-0.39, 0.29) is 16.6 Å². The summed E-state index contributed by atoms with van der Waals surface area (Å²) >= 11 is 1.40. The Balaban J connectivity index is 1.66. The Hall–Kier alpha value is -2.07. The van der Waals surface area contributed by atoms with Crippen LogP contribution in [-0.4, -0.2) is 57.8 Å². The molecule has 1 aliphatic heterocycles. The van der Waals surface area contributed by atoms with Crippen LogP contribution in [0.2, 0.25) is 0 Å². The number of amides is 1. The first-order valence-electron chi connectivity index (χ1n) is 9.15. The Labute approximate surface area is 175 Å². The lowest BCUT2D eigenvalue weighted by Gasteiger charge is -2.26. The van der Waals surface area contributed by atoms with Gasteiger partial charge in [-0.3, -0.25) is 4.79 Å². The zero-order valence-corrected chi connectivity index (χ0v) is 18.0. The van der Waals surface area contributed by atoms with Gasteiger partial charge in [-0.05, 0) is 48.9 Å². The van der Waals surface area contributed by atoms with E-state index in [4.69, 9.17) is 9.47 Å². The standard InChI is InChI=1S/C20H24N2O5S2/c1-15-3-8-18(29(24,25)22-9-11-27-12-10-22)13-19(15)21-20(23)14-28-17-6-4-16(26-2)5-7-17/h3-8,13H,9-12,14H2,1-2H3,(H,21,23). The number of hydrogen-bond acceptors (Lipinski definition) is 6. The van der Waals surface area contributed by atoms with Crippen molar-refractivity contribution >= 4 is 33.4 Å². The fourth-order valence-corrected chi connectivity index (χ4v) is 4.97. The molecule has 1 fully saturated rings. The zero-order valence-electron chi connectivity index (χ0n) is 16.4. The Morgan fingerprint density at radius 1 is 1.17 bits per heavy atom. The minimum Gasteiger partial charge on any atom is -0.497 e. The molecule has 29 heavy (non-hydrogen) atoms. The highest BCUT2D eigenvalue weighted by molar-refractivity contribution is 8.00. The molecule has 2 aromatic rings. The van der Waals surface area contributed by atoms with Gasteiger partial charge < -0.3 is 14.8 Å². The number of anilines is 1. The highest BCUT2D eigenvalue weighted by Gasteiger charge is 2.26. The number of sulfonamides is 1. The van der Waals surface area contributed by atoms with Gasteiger partial charge in [-0.25, -0.2) is 8.42 Å². The van der Waals surface area contributed by atoms with Gasteiger partial charge in [-0.1, -0.05) is 6.07 Å². The molecule has 3 rings (SSSR count). The number of carbonyl (C=O) groups is 1. The Kier molecular flexibility index (Phi) is 7.18. The van der Waals surface area contributed by atoms with Crippen LogP contribution in [0.25, 0.3) is 0 Å². The normalized spacial score (nSPS) is 15.1. The van der Waals surface area contributed by atoms with Gasteiger partial charge in [0, 0.05) is 23.7 Å². The smallest absolute Gasteiger partial charge is 0.243 e. The number of carbonyl (C=O) groups excluding carboxylic acids is 1. The molecule has 0 aliphatic carbocycles. The number of methoxy groups -OCH3 is 1. The molecule has 0 spiro atoms. The summed E-state index contributed by atoms with van der Waals surface area (Å²) < 4.78 is 37.4. The molecule has 1 aliphatic rings. The number of nitrogens with zero attached hydrogens (tertiary/aromatic N) is 1. The van der Waals surface area contributed by atoms with E-state index in [1.165, 1.54) is 22.1 Å². The molecule has 0 radical (unpaired) electrons. The lowest BCUT2D eigenvalue weighted by molar-refractivity contribution is -0.113. The van der Waals surface area contributed by atoms with Gasteiger partial charge in [0.1, 0.15) is 5.75 Å². The van der Waals surface area contributed by atoms with Crippen molar-refractivity contribution in [3.63, 3.8) is 0 Å². The summed E-state index contributed by atoms with van der Waals surface area (Å²) in [5.74, 6) is 0.772. The molecular formula is C20H24N2O5S2. The van der Waals surface area contributed by atoms with Gasteiger partial charge in [0.2, 0.25) is 15.9 Å². The molecule has 1 heterocycles.